The number of thiazole rings is 1. The quantitative estimate of drug-likeness (QED) is 0.385. The summed E-state index contributed by atoms with van der Waals surface area (Å²) in [5.74, 6) is 0.583. The Morgan fingerprint density at radius 1 is 1.23 bits per heavy atom. The fraction of sp³-hybridized carbons (Fsp3) is 0.182. The highest BCUT2D eigenvalue weighted by Gasteiger charge is 2.23. The molecule has 6 nitrogen and oxygen atoms in total. The number of carbonyl (C=O) groups excluding carboxylic acids is 1. The van der Waals surface area contributed by atoms with Crippen LogP contribution in [0.5, 0.6) is 5.75 Å². The van der Waals surface area contributed by atoms with Gasteiger partial charge in [-0.1, -0.05) is 41.1 Å². The molecule has 0 amide bonds. The van der Waals surface area contributed by atoms with Crippen LogP contribution in [0.2, 0.25) is 5.02 Å². The average molecular weight is 442 g/mol. The molecule has 4 aromatic rings. The predicted octanol–water partition coefficient (Wildman–Crippen LogP) is 5.52. The van der Waals surface area contributed by atoms with Crippen molar-refractivity contribution in [3.05, 3.63) is 69.7 Å². The molecule has 0 bridgehead atoms. The molecule has 2 N–H and O–H groups in total. The number of aryl methyl sites for hydroxylation is 1. The maximum Gasteiger partial charge on any atom is 0.350 e. The second-order valence-electron chi connectivity index (χ2n) is 6.66. The minimum atomic E-state index is -0.353. The van der Waals surface area contributed by atoms with E-state index < -0.39 is 0 Å². The molecule has 0 radical (unpaired) electrons. The molecule has 154 valence electrons. The van der Waals surface area contributed by atoms with Crippen molar-refractivity contribution in [3.8, 4) is 17.0 Å². The summed E-state index contributed by atoms with van der Waals surface area (Å²) < 4.78 is 7.11. The Morgan fingerprint density at radius 3 is 2.67 bits per heavy atom. The number of hydrogen-bond acceptors (Lipinski definition) is 6. The van der Waals surface area contributed by atoms with E-state index in [1.54, 1.807) is 19.1 Å². The van der Waals surface area contributed by atoms with Gasteiger partial charge in [0.2, 0.25) is 0 Å². The fourth-order valence-corrected chi connectivity index (χ4v) is 4.46. The highest BCUT2D eigenvalue weighted by molar-refractivity contribution is 7.19. The van der Waals surface area contributed by atoms with E-state index in [1.165, 1.54) is 11.3 Å². The van der Waals surface area contributed by atoms with Gasteiger partial charge in [-0.25, -0.2) is 9.78 Å². The summed E-state index contributed by atoms with van der Waals surface area (Å²) in [6.07, 6.45) is 0. The lowest BCUT2D eigenvalue weighted by molar-refractivity contribution is 0.0531. The summed E-state index contributed by atoms with van der Waals surface area (Å²) in [5.41, 5.74) is 3.28. The van der Waals surface area contributed by atoms with E-state index in [9.17, 15) is 9.90 Å². The van der Waals surface area contributed by atoms with Crippen LogP contribution in [-0.2, 0) is 11.3 Å². The Kier molecular flexibility index (Phi) is 5.65. The van der Waals surface area contributed by atoms with Gasteiger partial charge in [0.05, 0.1) is 6.61 Å². The first-order valence-electron chi connectivity index (χ1n) is 9.45. The monoisotopic (exact) mass is 441 g/mol. The molecule has 2 aromatic heterocycles. The van der Waals surface area contributed by atoms with Crippen LogP contribution < -0.4 is 5.32 Å². The number of nitrogens with zero attached hydrogens (tertiary/aromatic N) is 2. The number of hydrogen-bond donors (Lipinski definition) is 2. The molecular formula is C22H20ClN3O3S. The summed E-state index contributed by atoms with van der Waals surface area (Å²) in [4.78, 5) is 18.3. The van der Waals surface area contributed by atoms with Crippen molar-refractivity contribution < 1.29 is 14.6 Å². The Bertz CT molecular complexity index is 1210. The number of imidazole rings is 1. The summed E-state index contributed by atoms with van der Waals surface area (Å²) in [5, 5.41) is 13.8. The van der Waals surface area contributed by atoms with Gasteiger partial charge < -0.3 is 15.2 Å². The molecule has 0 aliphatic heterocycles. The summed E-state index contributed by atoms with van der Waals surface area (Å²) >= 11 is 7.61. The predicted molar refractivity (Wildman–Crippen MR) is 120 cm³/mol. The number of phenolic OH excluding ortho intramolecular Hbond substituents is 1. The van der Waals surface area contributed by atoms with Crippen molar-refractivity contribution in [1.29, 1.82) is 0 Å². The lowest BCUT2D eigenvalue weighted by atomic mass is 10.1. The molecule has 0 aliphatic rings. The number of anilines is 1. The molecule has 30 heavy (non-hydrogen) atoms. The molecular weight excluding hydrogens is 422 g/mol. The lowest BCUT2D eigenvalue weighted by Crippen LogP contribution is -2.07. The first-order chi connectivity index (χ1) is 14.5. The number of aromatic hydroxyl groups is 1. The smallest absolute Gasteiger partial charge is 0.350 e. The number of fused-ring (bicyclic) bond motifs is 1. The summed E-state index contributed by atoms with van der Waals surface area (Å²) in [7, 11) is 0. The number of phenols is 1. The van der Waals surface area contributed by atoms with Gasteiger partial charge in [0, 0.05) is 22.8 Å². The topological polar surface area (TPSA) is 75.9 Å². The van der Waals surface area contributed by atoms with Crippen LogP contribution in [0.4, 0.5) is 5.82 Å². The van der Waals surface area contributed by atoms with Gasteiger partial charge in [-0.2, -0.15) is 0 Å². The van der Waals surface area contributed by atoms with Crippen LogP contribution in [0, 0.1) is 6.92 Å². The molecule has 8 heteroatoms. The van der Waals surface area contributed by atoms with E-state index in [2.05, 4.69) is 5.32 Å². The zero-order valence-electron chi connectivity index (χ0n) is 16.5. The van der Waals surface area contributed by atoms with Crippen LogP contribution in [0.25, 0.3) is 16.2 Å². The molecule has 0 aliphatic carbocycles. The van der Waals surface area contributed by atoms with Gasteiger partial charge in [0.25, 0.3) is 0 Å². The van der Waals surface area contributed by atoms with E-state index >= 15 is 0 Å². The zero-order chi connectivity index (χ0) is 21.3. The van der Waals surface area contributed by atoms with Gasteiger partial charge in [-0.15, -0.1) is 0 Å². The molecule has 2 heterocycles. The SMILES string of the molecule is CCOC(=O)c1sc2nc(-c3ccc(O)cc3)c(NCc3ccccc3Cl)n2c1C. The minimum absolute atomic E-state index is 0.186. The largest absolute Gasteiger partial charge is 0.508 e. The van der Waals surface area contributed by atoms with Crippen molar-refractivity contribution in [3.63, 3.8) is 0 Å². The number of halogens is 1. The number of aromatic nitrogens is 2. The zero-order valence-corrected chi connectivity index (χ0v) is 18.0. The third kappa shape index (κ3) is 3.74. The molecule has 4 rings (SSSR count). The van der Waals surface area contributed by atoms with E-state index in [0.717, 1.165) is 28.3 Å². The number of rotatable bonds is 6. The Labute approximate surface area is 182 Å². The second kappa shape index (κ2) is 8.38. The van der Waals surface area contributed by atoms with Crippen molar-refractivity contribution >= 4 is 39.7 Å². The molecule has 2 aromatic carbocycles. The van der Waals surface area contributed by atoms with Crippen LogP contribution >= 0.6 is 22.9 Å². The van der Waals surface area contributed by atoms with Crippen molar-refractivity contribution in [2.75, 3.05) is 11.9 Å². The number of nitrogens with one attached hydrogen (secondary N) is 1. The number of carbonyl (C=O) groups is 1. The molecule has 0 saturated carbocycles. The van der Waals surface area contributed by atoms with Crippen LogP contribution in [-0.4, -0.2) is 27.1 Å². The van der Waals surface area contributed by atoms with Gasteiger partial charge in [0.1, 0.15) is 22.1 Å². The third-order valence-corrected chi connectivity index (χ3v) is 6.20. The first-order valence-corrected chi connectivity index (χ1v) is 10.6. The highest BCUT2D eigenvalue weighted by Crippen LogP contribution is 2.36. The maximum absolute atomic E-state index is 12.3. The second-order valence-corrected chi connectivity index (χ2v) is 8.04. The Balaban J connectivity index is 1.81. The minimum Gasteiger partial charge on any atom is -0.508 e. The van der Waals surface area contributed by atoms with Gasteiger partial charge in [-0.3, -0.25) is 4.40 Å². The first kappa shape index (κ1) is 20.3. The van der Waals surface area contributed by atoms with Crippen molar-refractivity contribution in [2.24, 2.45) is 0 Å². The van der Waals surface area contributed by atoms with Crippen LogP contribution in [0.15, 0.2) is 48.5 Å². The molecule has 0 saturated heterocycles. The van der Waals surface area contributed by atoms with Crippen LogP contribution in [0.3, 0.4) is 0 Å². The standard InChI is InChI=1S/C22H20ClN3O3S/c1-3-29-21(28)19-13(2)26-20(24-12-15-6-4-5-7-17(15)23)18(25-22(26)30-19)14-8-10-16(27)11-9-14/h4-11,24,27H,3,12H2,1-2H3. The summed E-state index contributed by atoms with van der Waals surface area (Å²) in [6, 6.07) is 14.5. The van der Waals surface area contributed by atoms with E-state index in [0.29, 0.717) is 28.0 Å². The van der Waals surface area contributed by atoms with Gasteiger partial charge in [-0.05, 0) is 49.7 Å². The fourth-order valence-electron chi connectivity index (χ4n) is 3.24. The summed E-state index contributed by atoms with van der Waals surface area (Å²) in [6.45, 7) is 4.46. The Hall–Kier alpha value is -3.03. The molecule has 0 atom stereocenters. The third-order valence-electron chi connectivity index (χ3n) is 4.71. The highest BCUT2D eigenvalue weighted by atomic mass is 35.5. The normalized spacial score (nSPS) is 11.0. The molecule has 0 fully saturated rings. The number of benzene rings is 2. The average Bonchev–Trinajstić information content (AvgIpc) is 3.25. The van der Waals surface area contributed by atoms with E-state index in [1.807, 2.05) is 47.7 Å². The maximum atomic E-state index is 12.3. The number of esters is 1. The van der Waals surface area contributed by atoms with Crippen LogP contribution in [0.1, 0.15) is 27.9 Å². The molecule has 0 spiro atoms. The van der Waals surface area contributed by atoms with Crippen molar-refractivity contribution in [2.45, 2.75) is 20.4 Å². The van der Waals surface area contributed by atoms with Crippen molar-refractivity contribution in [1.82, 2.24) is 9.38 Å². The number of ether oxygens (including phenoxy) is 1. The molecule has 0 unspecified atom stereocenters. The Morgan fingerprint density at radius 2 is 1.97 bits per heavy atom. The van der Waals surface area contributed by atoms with E-state index in [-0.39, 0.29) is 11.7 Å². The van der Waals surface area contributed by atoms with E-state index in [4.69, 9.17) is 21.3 Å². The van der Waals surface area contributed by atoms with Gasteiger partial charge >= 0.3 is 5.97 Å². The van der Waals surface area contributed by atoms with Gasteiger partial charge in [0.15, 0.2) is 4.96 Å². The lowest BCUT2D eigenvalue weighted by Gasteiger charge is -2.11.